The summed E-state index contributed by atoms with van der Waals surface area (Å²) in [6.45, 7) is 0. The Hall–Kier alpha value is -2.69. The third-order valence-corrected chi connectivity index (χ3v) is 2.98. The minimum atomic E-state index is -0.713. The number of anilines is 1. The molecule has 5 heteroatoms. The Kier molecular flexibility index (Phi) is 2.95. The monoisotopic (exact) mass is 272 g/mol. The summed E-state index contributed by atoms with van der Waals surface area (Å²) in [5, 5.41) is 3.70. The van der Waals surface area contributed by atoms with Crippen LogP contribution in [0.1, 0.15) is 0 Å². The van der Waals surface area contributed by atoms with Gasteiger partial charge in [0, 0.05) is 0 Å². The second kappa shape index (κ2) is 4.77. The van der Waals surface area contributed by atoms with E-state index in [4.69, 9.17) is 10.3 Å². The molecular weight excluding hydrogens is 262 g/mol. The van der Waals surface area contributed by atoms with E-state index in [0.717, 1.165) is 12.1 Å². The van der Waals surface area contributed by atoms with Gasteiger partial charge in [-0.15, -0.1) is 0 Å². The summed E-state index contributed by atoms with van der Waals surface area (Å²) in [4.78, 5) is 0. The van der Waals surface area contributed by atoms with Crippen molar-refractivity contribution in [2.45, 2.75) is 0 Å². The minimum Gasteiger partial charge on any atom is -0.367 e. The number of nitrogens with two attached hydrogens (primary N) is 1. The van der Waals surface area contributed by atoms with Crippen LogP contribution in [0.3, 0.4) is 0 Å². The van der Waals surface area contributed by atoms with Crippen LogP contribution in [-0.2, 0) is 0 Å². The molecule has 0 amide bonds. The van der Waals surface area contributed by atoms with Crippen LogP contribution in [-0.4, -0.2) is 5.16 Å². The first-order valence-electron chi connectivity index (χ1n) is 5.93. The largest absolute Gasteiger partial charge is 0.367 e. The summed E-state index contributed by atoms with van der Waals surface area (Å²) in [7, 11) is 0. The van der Waals surface area contributed by atoms with Gasteiger partial charge < -0.3 is 10.3 Å². The van der Waals surface area contributed by atoms with Crippen LogP contribution in [0.25, 0.3) is 22.4 Å². The van der Waals surface area contributed by atoms with E-state index in [2.05, 4.69) is 5.16 Å². The van der Waals surface area contributed by atoms with E-state index >= 15 is 0 Å². The number of hydrogen-bond donors (Lipinski definition) is 1. The van der Waals surface area contributed by atoms with Gasteiger partial charge in [-0.25, -0.2) is 8.78 Å². The Bertz CT molecular complexity index is 734. The molecule has 0 aliphatic rings. The summed E-state index contributed by atoms with van der Waals surface area (Å²) < 4.78 is 32.7. The molecule has 1 aromatic heterocycles. The summed E-state index contributed by atoms with van der Waals surface area (Å²) in [6, 6.07) is 12.6. The van der Waals surface area contributed by atoms with Crippen LogP contribution in [0.5, 0.6) is 0 Å². The van der Waals surface area contributed by atoms with Crippen LogP contribution in [0.2, 0.25) is 0 Å². The molecule has 0 aliphatic heterocycles. The van der Waals surface area contributed by atoms with Gasteiger partial charge in [0.2, 0.25) is 5.88 Å². The van der Waals surface area contributed by atoms with E-state index in [0.29, 0.717) is 11.1 Å². The zero-order valence-electron chi connectivity index (χ0n) is 10.3. The number of hydrogen-bond acceptors (Lipinski definition) is 3. The molecule has 0 saturated carbocycles. The molecule has 3 aromatic rings. The predicted molar refractivity (Wildman–Crippen MR) is 71.7 cm³/mol. The van der Waals surface area contributed by atoms with Gasteiger partial charge in [0.1, 0.15) is 17.3 Å². The highest BCUT2D eigenvalue weighted by atomic mass is 19.1. The second-order valence-electron chi connectivity index (χ2n) is 4.23. The maximum Gasteiger partial charge on any atom is 0.230 e. The Morgan fingerprint density at radius 2 is 1.50 bits per heavy atom. The Labute approximate surface area is 113 Å². The third-order valence-electron chi connectivity index (χ3n) is 2.98. The van der Waals surface area contributed by atoms with Crippen molar-refractivity contribution in [3.05, 3.63) is 60.2 Å². The highest BCUT2D eigenvalue weighted by Gasteiger charge is 2.22. The van der Waals surface area contributed by atoms with Crippen molar-refractivity contribution < 1.29 is 13.3 Å². The van der Waals surface area contributed by atoms with E-state index in [-0.39, 0.29) is 17.1 Å². The SMILES string of the molecule is Nc1onc(-c2c(F)cccc2F)c1-c1ccccc1. The molecule has 3 rings (SSSR count). The van der Waals surface area contributed by atoms with Crippen molar-refractivity contribution in [2.75, 3.05) is 5.73 Å². The third kappa shape index (κ3) is 1.93. The first kappa shape index (κ1) is 12.3. The standard InChI is InChI=1S/C15H10F2N2O/c16-10-7-4-8-11(17)13(10)14-12(15(18)20-19-14)9-5-2-1-3-6-9/h1-8H,18H2. The van der Waals surface area contributed by atoms with Gasteiger partial charge in [-0.1, -0.05) is 41.6 Å². The van der Waals surface area contributed by atoms with Crippen molar-refractivity contribution in [3.63, 3.8) is 0 Å². The van der Waals surface area contributed by atoms with Crippen LogP contribution >= 0.6 is 0 Å². The van der Waals surface area contributed by atoms with E-state index in [1.807, 2.05) is 6.07 Å². The molecule has 0 fully saturated rings. The van der Waals surface area contributed by atoms with Gasteiger partial charge in [-0.2, -0.15) is 0 Å². The van der Waals surface area contributed by atoms with Crippen molar-refractivity contribution in [3.8, 4) is 22.4 Å². The average molecular weight is 272 g/mol. The van der Waals surface area contributed by atoms with Gasteiger partial charge in [-0.05, 0) is 17.7 Å². The van der Waals surface area contributed by atoms with Gasteiger partial charge >= 0.3 is 0 Å². The molecule has 0 bridgehead atoms. The van der Waals surface area contributed by atoms with Crippen molar-refractivity contribution in [1.29, 1.82) is 0 Å². The fraction of sp³-hybridized carbons (Fsp3) is 0. The molecule has 1 heterocycles. The summed E-state index contributed by atoms with van der Waals surface area (Å²) in [5.41, 5.74) is 6.62. The normalized spacial score (nSPS) is 10.7. The number of nitrogens with zero attached hydrogens (tertiary/aromatic N) is 1. The minimum absolute atomic E-state index is 0.0221. The van der Waals surface area contributed by atoms with Crippen LogP contribution in [0, 0.1) is 11.6 Å². The van der Waals surface area contributed by atoms with E-state index < -0.39 is 11.6 Å². The molecule has 0 saturated heterocycles. The molecule has 100 valence electrons. The lowest BCUT2D eigenvalue weighted by atomic mass is 10.0. The Morgan fingerprint density at radius 1 is 0.850 bits per heavy atom. The van der Waals surface area contributed by atoms with Crippen molar-refractivity contribution in [2.24, 2.45) is 0 Å². The summed E-state index contributed by atoms with van der Waals surface area (Å²) in [6.07, 6.45) is 0. The number of aromatic nitrogens is 1. The number of rotatable bonds is 2. The molecule has 2 aromatic carbocycles. The molecule has 0 radical (unpaired) electrons. The molecule has 3 nitrogen and oxygen atoms in total. The summed E-state index contributed by atoms with van der Waals surface area (Å²) in [5.74, 6) is -1.40. The lowest BCUT2D eigenvalue weighted by Gasteiger charge is -2.04. The first-order valence-corrected chi connectivity index (χ1v) is 5.93. The number of halogens is 2. The predicted octanol–water partition coefficient (Wildman–Crippen LogP) is 3.87. The lowest BCUT2D eigenvalue weighted by Crippen LogP contribution is -1.93. The number of benzene rings is 2. The van der Waals surface area contributed by atoms with Crippen LogP contribution in [0.4, 0.5) is 14.7 Å². The van der Waals surface area contributed by atoms with E-state index in [1.54, 1.807) is 24.3 Å². The van der Waals surface area contributed by atoms with E-state index in [9.17, 15) is 8.78 Å². The van der Waals surface area contributed by atoms with Crippen LogP contribution in [0.15, 0.2) is 53.1 Å². The smallest absolute Gasteiger partial charge is 0.230 e. The van der Waals surface area contributed by atoms with Gasteiger partial charge in [0.25, 0.3) is 0 Å². The highest BCUT2D eigenvalue weighted by Crippen LogP contribution is 2.38. The Balaban J connectivity index is 2.27. The molecule has 0 spiro atoms. The van der Waals surface area contributed by atoms with Crippen molar-refractivity contribution in [1.82, 2.24) is 5.16 Å². The first-order chi connectivity index (χ1) is 9.68. The molecule has 0 atom stereocenters. The second-order valence-corrected chi connectivity index (χ2v) is 4.23. The molecular formula is C15H10F2N2O. The van der Waals surface area contributed by atoms with Gasteiger partial charge in [0.05, 0.1) is 11.1 Å². The maximum absolute atomic E-state index is 13.9. The molecule has 0 aliphatic carbocycles. The maximum atomic E-state index is 13.9. The topological polar surface area (TPSA) is 52.0 Å². The van der Waals surface area contributed by atoms with Gasteiger partial charge in [0.15, 0.2) is 0 Å². The fourth-order valence-corrected chi connectivity index (χ4v) is 2.08. The number of nitrogen functional groups attached to an aromatic ring is 1. The van der Waals surface area contributed by atoms with Gasteiger partial charge in [-0.3, -0.25) is 0 Å². The fourth-order valence-electron chi connectivity index (χ4n) is 2.08. The molecule has 0 unspecified atom stereocenters. The quantitative estimate of drug-likeness (QED) is 0.770. The lowest BCUT2D eigenvalue weighted by molar-refractivity contribution is 0.438. The molecule has 2 N–H and O–H groups in total. The highest BCUT2D eigenvalue weighted by molar-refractivity contribution is 5.87. The Morgan fingerprint density at radius 3 is 2.15 bits per heavy atom. The average Bonchev–Trinajstić information content (AvgIpc) is 2.81. The molecule has 20 heavy (non-hydrogen) atoms. The zero-order chi connectivity index (χ0) is 14.1. The van der Waals surface area contributed by atoms with Crippen molar-refractivity contribution >= 4 is 5.88 Å². The zero-order valence-corrected chi connectivity index (χ0v) is 10.3. The van der Waals surface area contributed by atoms with Crippen LogP contribution < -0.4 is 5.73 Å². The summed E-state index contributed by atoms with van der Waals surface area (Å²) >= 11 is 0. The van der Waals surface area contributed by atoms with E-state index in [1.165, 1.54) is 6.07 Å².